The summed E-state index contributed by atoms with van der Waals surface area (Å²) in [4.78, 5) is 2.50. The van der Waals surface area contributed by atoms with Crippen LogP contribution < -0.4 is 5.32 Å². The summed E-state index contributed by atoms with van der Waals surface area (Å²) in [6, 6.07) is 0. The van der Waals surface area contributed by atoms with Crippen molar-refractivity contribution in [2.45, 2.75) is 26.9 Å². The Morgan fingerprint density at radius 3 is 3.07 bits per heavy atom. The van der Waals surface area contributed by atoms with Gasteiger partial charge in [-0.15, -0.1) is 0 Å². The molecule has 1 fully saturated rings. The van der Waals surface area contributed by atoms with Crippen LogP contribution in [0.4, 0.5) is 0 Å². The first-order valence-electron chi connectivity index (χ1n) is 5.77. The van der Waals surface area contributed by atoms with Gasteiger partial charge >= 0.3 is 0 Å². The molecule has 14 heavy (non-hydrogen) atoms. The van der Waals surface area contributed by atoms with Crippen molar-refractivity contribution in [3.63, 3.8) is 0 Å². The number of nitrogens with one attached hydrogen (secondary N) is 1. The van der Waals surface area contributed by atoms with Crippen LogP contribution in [-0.4, -0.2) is 50.3 Å². The molecule has 84 valence electrons. The average Bonchev–Trinajstić information content (AvgIpc) is 2.30. The van der Waals surface area contributed by atoms with E-state index in [2.05, 4.69) is 31.0 Å². The van der Waals surface area contributed by atoms with Gasteiger partial charge in [-0.05, 0) is 26.3 Å². The van der Waals surface area contributed by atoms with Crippen LogP contribution in [-0.2, 0) is 4.74 Å². The normalized spacial score (nSPS) is 27.2. The second-order valence-corrected chi connectivity index (χ2v) is 4.33. The highest BCUT2D eigenvalue weighted by Crippen LogP contribution is 2.04. The van der Waals surface area contributed by atoms with Gasteiger partial charge in [0.2, 0.25) is 0 Å². The molecule has 0 radical (unpaired) electrons. The van der Waals surface area contributed by atoms with Gasteiger partial charge in [-0.2, -0.15) is 0 Å². The zero-order chi connectivity index (χ0) is 10.4. The van der Waals surface area contributed by atoms with Crippen LogP contribution in [0.15, 0.2) is 0 Å². The molecule has 0 aromatic carbocycles. The lowest BCUT2D eigenvalue weighted by molar-refractivity contribution is 0.0450. The minimum Gasteiger partial charge on any atom is -0.377 e. The second kappa shape index (κ2) is 6.38. The Morgan fingerprint density at radius 1 is 1.57 bits per heavy atom. The molecule has 0 bridgehead atoms. The van der Waals surface area contributed by atoms with Crippen molar-refractivity contribution in [1.29, 1.82) is 0 Å². The summed E-state index contributed by atoms with van der Waals surface area (Å²) < 4.78 is 5.56. The van der Waals surface area contributed by atoms with Gasteiger partial charge in [0.15, 0.2) is 0 Å². The molecule has 0 aliphatic carbocycles. The summed E-state index contributed by atoms with van der Waals surface area (Å²) in [7, 11) is 0. The van der Waals surface area contributed by atoms with Crippen molar-refractivity contribution in [1.82, 2.24) is 10.2 Å². The molecule has 1 aliphatic heterocycles. The van der Waals surface area contributed by atoms with Gasteiger partial charge in [-0.25, -0.2) is 0 Å². The minimum atomic E-state index is 0.366. The molecular formula is C11H24N2O. The van der Waals surface area contributed by atoms with E-state index in [9.17, 15) is 0 Å². The average molecular weight is 200 g/mol. The van der Waals surface area contributed by atoms with Crippen LogP contribution >= 0.6 is 0 Å². The predicted molar refractivity (Wildman–Crippen MR) is 59.6 cm³/mol. The van der Waals surface area contributed by atoms with Crippen molar-refractivity contribution in [3.8, 4) is 0 Å². The monoisotopic (exact) mass is 200 g/mol. The molecule has 1 aliphatic rings. The van der Waals surface area contributed by atoms with Crippen LogP contribution in [0.25, 0.3) is 0 Å². The van der Waals surface area contributed by atoms with Gasteiger partial charge in [0.1, 0.15) is 0 Å². The number of hydrogen-bond acceptors (Lipinski definition) is 3. The third-order valence-electron chi connectivity index (χ3n) is 2.63. The number of hydrogen-bond donors (Lipinski definition) is 1. The molecule has 0 aromatic heterocycles. The first kappa shape index (κ1) is 12.0. The molecule has 1 heterocycles. The minimum absolute atomic E-state index is 0.366. The van der Waals surface area contributed by atoms with Crippen LogP contribution in [0.5, 0.6) is 0 Å². The summed E-state index contributed by atoms with van der Waals surface area (Å²) >= 11 is 0. The first-order chi connectivity index (χ1) is 6.72. The Morgan fingerprint density at radius 2 is 2.36 bits per heavy atom. The molecule has 3 heteroatoms. The summed E-state index contributed by atoms with van der Waals surface area (Å²) in [6.07, 6.45) is 0.366. The Hall–Kier alpha value is -0.120. The maximum absolute atomic E-state index is 5.56. The quantitative estimate of drug-likeness (QED) is 0.731. The Balaban J connectivity index is 2.27. The number of nitrogens with zero attached hydrogens (tertiary/aromatic N) is 1. The van der Waals surface area contributed by atoms with E-state index in [4.69, 9.17) is 4.74 Å². The fourth-order valence-electron chi connectivity index (χ4n) is 2.05. The summed E-state index contributed by atoms with van der Waals surface area (Å²) in [5.41, 5.74) is 0. The Kier molecular flexibility index (Phi) is 5.45. The van der Waals surface area contributed by atoms with E-state index < -0.39 is 0 Å². The summed E-state index contributed by atoms with van der Waals surface area (Å²) in [5.74, 6) is 0.756. The number of rotatable bonds is 4. The highest BCUT2D eigenvalue weighted by atomic mass is 16.5. The van der Waals surface area contributed by atoms with Gasteiger partial charge in [-0.3, -0.25) is 4.90 Å². The maximum atomic E-state index is 5.56. The molecule has 3 nitrogen and oxygen atoms in total. The SMILES string of the molecule is CCOC(C)CN1CCNCC(C)C1. The highest BCUT2D eigenvalue weighted by molar-refractivity contribution is 4.72. The van der Waals surface area contributed by atoms with E-state index in [0.29, 0.717) is 6.10 Å². The predicted octanol–water partition coefficient (Wildman–Crippen LogP) is 0.953. The summed E-state index contributed by atoms with van der Waals surface area (Å²) in [6.45, 7) is 13.0. The molecule has 0 aromatic rings. The van der Waals surface area contributed by atoms with E-state index in [-0.39, 0.29) is 0 Å². The van der Waals surface area contributed by atoms with Crippen molar-refractivity contribution >= 4 is 0 Å². The second-order valence-electron chi connectivity index (χ2n) is 4.33. The first-order valence-corrected chi connectivity index (χ1v) is 5.77. The van der Waals surface area contributed by atoms with Crippen LogP contribution in [0.2, 0.25) is 0 Å². The molecule has 2 unspecified atom stereocenters. The Bertz CT molecular complexity index is 152. The standard InChI is InChI=1S/C11H24N2O/c1-4-14-11(3)9-13-6-5-12-7-10(2)8-13/h10-12H,4-9H2,1-3H3. The van der Waals surface area contributed by atoms with Crippen molar-refractivity contribution in [3.05, 3.63) is 0 Å². The van der Waals surface area contributed by atoms with E-state index in [0.717, 1.165) is 38.7 Å². The van der Waals surface area contributed by atoms with E-state index in [1.807, 2.05) is 0 Å². The number of ether oxygens (including phenoxy) is 1. The Labute approximate surface area is 87.8 Å². The largest absolute Gasteiger partial charge is 0.377 e. The van der Waals surface area contributed by atoms with Gasteiger partial charge in [0.25, 0.3) is 0 Å². The third-order valence-corrected chi connectivity index (χ3v) is 2.63. The fourth-order valence-corrected chi connectivity index (χ4v) is 2.05. The molecule has 0 spiro atoms. The molecular weight excluding hydrogens is 176 g/mol. The molecule has 1 rings (SSSR count). The zero-order valence-electron chi connectivity index (χ0n) is 9.75. The molecule has 1 N–H and O–H groups in total. The maximum Gasteiger partial charge on any atom is 0.0673 e. The molecule has 1 saturated heterocycles. The lowest BCUT2D eigenvalue weighted by Gasteiger charge is -2.25. The van der Waals surface area contributed by atoms with E-state index >= 15 is 0 Å². The zero-order valence-corrected chi connectivity index (χ0v) is 9.75. The van der Waals surface area contributed by atoms with Gasteiger partial charge in [0, 0.05) is 32.8 Å². The van der Waals surface area contributed by atoms with Crippen molar-refractivity contribution in [2.24, 2.45) is 5.92 Å². The van der Waals surface area contributed by atoms with Crippen molar-refractivity contribution < 1.29 is 4.74 Å². The van der Waals surface area contributed by atoms with E-state index in [1.54, 1.807) is 0 Å². The van der Waals surface area contributed by atoms with Gasteiger partial charge in [0.05, 0.1) is 6.10 Å². The van der Waals surface area contributed by atoms with E-state index in [1.165, 1.54) is 6.54 Å². The van der Waals surface area contributed by atoms with Crippen LogP contribution in [0.3, 0.4) is 0 Å². The summed E-state index contributed by atoms with van der Waals surface area (Å²) in [5, 5.41) is 3.45. The lowest BCUT2D eigenvalue weighted by atomic mass is 10.2. The fraction of sp³-hybridized carbons (Fsp3) is 1.00. The van der Waals surface area contributed by atoms with Gasteiger partial charge < -0.3 is 10.1 Å². The molecule has 0 amide bonds. The highest BCUT2D eigenvalue weighted by Gasteiger charge is 2.16. The smallest absolute Gasteiger partial charge is 0.0673 e. The third kappa shape index (κ3) is 4.40. The lowest BCUT2D eigenvalue weighted by Crippen LogP contribution is -2.36. The topological polar surface area (TPSA) is 24.5 Å². The molecule has 2 atom stereocenters. The molecule has 0 saturated carbocycles. The van der Waals surface area contributed by atoms with Crippen molar-refractivity contribution in [2.75, 3.05) is 39.3 Å². The van der Waals surface area contributed by atoms with Crippen LogP contribution in [0.1, 0.15) is 20.8 Å². The van der Waals surface area contributed by atoms with Crippen LogP contribution in [0, 0.1) is 5.92 Å². The van der Waals surface area contributed by atoms with Gasteiger partial charge in [-0.1, -0.05) is 6.92 Å².